The lowest BCUT2D eigenvalue weighted by atomic mass is 9.69. The van der Waals surface area contributed by atoms with Crippen molar-refractivity contribution in [3.63, 3.8) is 0 Å². The summed E-state index contributed by atoms with van der Waals surface area (Å²) in [6.07, 6.45) is -8.25. The molecule has 2 aromatic carbocycles. The van der Waals surface area contributed by atoms with Crippen LogP contribution in [0.15, 0.2) is 48.5 Å². The van der Waals surface area contributed by atoms with Gasteiger partial charge in [0.25, 0.3) is 0 Å². The molecule has 1 fully saturated rings. The van der Waals surface area contributed by atoms with Crippen LogP contribution < -0.4 is 5.32 Å². The molecule has 30 heavy (non-hydrogen) atoms. The lowest BCUT2D eigenvalue weighted by Gasteiger charge is -2.38. The van der Waals surface area contributed by atoms with Gasteiger partial charge in [0.1, 0.15) is 0 Å². The molecule has 0 radical (unpaired) electrons. The lowest BCUT2D eigenvalue weighted by Crippen LogP contribution is -2.40. The maximum atomic E-state index is 13.1. The van der Waals surface area contributed by atoms with E-state index in [4.69, 9.17) is 0 Å². The number of benzene rings is 2. The minimum Gasteiger partial charge on any atom is -0.317 e. The standard InChI is InChI=1S/C22H21F6NO/c23-21(24,25)17-12-15(13-18(14-17)22(26,27)28)19(30)6-7-20(8-10-29-11-9-20)16-4-2-1-3-5-16/h1-5,12-14,29H,6-11H2. The van der Waals surface area contributed by atoms with Crippen molar-refractivity contribution in [3.8, 4) is 0 Å². The SMILES string of the molecule is O=C(CCC1(c2ccccc2)CCNCC1)c1cc(C(F)(F)F)cc(C(F)(F)F)c1. The Morgan fingerprint density at radius 1 is 0.867 bits per heavy atom. The number of rotatable bonds is 5. The zero-order chi connectivity index (χ0) is 22.0. The van der Waals surface area contributed by atoms with Crippen molar-refractivity contribution in [1.82, 2.24) is 5.32 Å². The van der Waals surface area contributed by atoms with Crippen LogP contribution >= 0.6 is 0 Å². The van der Waals surface area contributed by atoms with Gasteiger partial charge in [-0.1, -0.05) is 30.3 Å². The molecule has 1 saturated heterocycles. The second kappa shape index (κ2) is 8.41. The monoisotopic (exact) mass is 429 g/mol. The van der Waals surface area contributed by atoms with Crippen LogP contribution in [0.5, 0.6) is 0 Å². The molecule has 1 heterocycles. The molecular formula is C22H21F6NO. The number of piperidine rings is 1. The molecule has 162 valence electrons. The summed E-state index contributed by atoms with van der Waals surface area (Å²) in [4.78, 5) is 12.7. The van der Waals surface area contributed by atoms with Crippen molar-refractivity contribution in [3.05, 3.63) is 70.8 Å². The van der Waals surface area contributed by atoms with Gasteiger partial charge >= 0.3 is 12.4 Å². The minimum atomic E-state index is -4.98. The second-order valence-corrected chi connectivity index (χ2v) is 7.61. The van der Waals surface area contributed by atoms with Crippen molar-refractivity contribution in [2.45, 2.75) is 43.5 Å². The molecule has 0 saturated carbocycles. The summed E-state index contributed by atoms with van der Waals surface area (Å²) in [6.45, 7) is 1.45. The highest BCUT2D eigenvalue weighted by atomic mass is 19.4. The van der Waals surface area contributed by atoms with E-state index in [0.29, 0.717) is 18.6 Å². The van der Waals surface area contributed by atoms with E-state index in [1.165, 1.54) is 0 Å². The smallest absolute Gasteiger partial charge is 0.317 e. The normalized spacial score (nSPS) is 17.0. The maximum Gasteiger partial charge on any atom is 0.416 e. The zero-order valence-electron chi connectivity index (χ0n) is 16.0. The Bertz CT molecular complexity index is 850. The highest BCUT2D eigenvalue weighted by Crippen LogP contribution is 2.39. The Morgan fingerprint density at radius 3 is 1.90 bits per heavy atom. The predicted molar refractivity (Wildman–Crippen MR) is 100 cm³/mol. The quantitative estimate of drug-likeness (QED) is 0.466. The van der Waals surface area contributed by atoms with E-state index in [1.807, 2.05) is 30.3 Å². The summed E-state index contributed by atoms with van der Waals surface area (Å²) in [6, 6.07) is 10.6. The van der Waals surface area contributed by atoms with E-state index < -0.39 is 34.8 Å². The molecule has 1 N–H and O–H groups in total. The first kappa shape index (κ1) is 22.3. The van der Waals surface area contributed by atoms with Crippen LogP contribution in [0.25, 0.3) is 0 Å². The largest absolute Gasteiger partial charge is 0.416 e. The predicted octanol–water partition coefficient (Wildman–Crippen LogP) is 6.01. The number of hydrogen-bond donors (Lipinski definition) is 1. The highest BCUT2D eigenvalue weighted by Gasteiger charge is 2.38. The number of alkyl halides is 6. The first-order valence-electron chi connectivity index (χ1n) is 9.60. The summed E-state index contributed by atoms with van der Waals surface area (Å²) >= 11 is 0. The van der Waals surface area contributed by atoms with Crippen molar-refractivity contribution in [1.29, 1.82) is 0 Å². The first-order chi connectivity index (χ1) is 14.0. The Kier molecular flexibility index (Phi) is 6.26. The van der Waals surface area contributed by atoms with Crippen LogP contribution in [0.3, 0.4) is 0 Å². The van der Waals surface area contributed by atoms with E-state index in [0.717, 1.165) is 31.5 Å². The third kappa shape index (κ3) is 5.03. The van der Waals surface area contributed by atoms with Crippen LogP contribution in [-0.4, -0.2) is 18.9 Å². The molecule has 0 unspecified atom stereocenters. The van der Waals surface area contributed by atoms with Crippen molar-refractivity contribution in [2.75, 3.05) is 13.1 Å². The molecule has 1 aliphatic heterocycles. The van der Waals surface area contributed by atoms with Crippen LogP contribution in [0, 0.1) is 0 Å². The van der Waals surface area contributed by atoms with E-state index in [1.54, 1.807) is 0 Å². The number of hydrogen-bond acceptors (Lipinski definition) is 2. The van der Waals surface area contributed by atoms with Crippen LogP contribution in [0.1, 0.15) is 52.7 Å². The summed E-state index contributed by atoms with van der Waals surface area (Å²) in [5.74, 6) is -0.722. The third-order valence-electron chi connectivity index (χ3n) is 5.69. The molecule has 8 heteroatoms. The van der Waals surface area contributed by atoms with Gasteiger partial charge in [0.15, 0.2) is 5.78 Å². The van der Waals surface area contributed by atoms with E-state index in [2.05, 4.69) is 5.32 Å². The van der Waals surface area contributed by atoms with E-state index in [-0.39, 0.29) is 17.9 Å². The molecule has 0 amide bonds. The zero-order valence-corrected chi connectivity index (χ0v) is 16.0. The number of carbonyl (C=O) groups is 1. The summed E-state index contributed by atoms with van der Waals surface area (Å²) < 4.78 is 78.4. The van der Waals surface area contributed by atoms with Crippen molar-refractivity contribution in [2.24, 2.45) is 0 Å². The molecular weight excluding hydrogens is 408 g/mol. The van der Waals surface area contributed by atoms with Crippen LogP contribution in [0.4, 0.5) is 26.3 Å². The Morgan fingerprint density at radius 2 is 1.40 bits per heavy atom. The van der Waals surface area contributed by atoms with Gasteiger partial charge in [0.05, 0.1) is 11.1 Å². The highest BCUT2D eigenvalue weighted by molar-refractivity contribution is 5.96. The number of halogens is 6. The minimum absolute atomic E-state index is 0.0368. The van der Waals surface area contributed by atoms with E-state index >= 15 is 0 Å². The van der Waals surface area contributed by atoms with E-state index in [9.17, 15) is 31.1 Å². The summed E-state index contributed by atoms with van der Waals surface area (Å²) in [5, 5.41) is 3.24. The molecule has 0 bridgehead atoms. The van der Waals surface area contributed by atoms with Gasteiger partial charge in [-0.15, -0.1) is 0 Å². The lowest BCUT2D eigenvalue weighted by molar-refractivity contribution is -0.143. The fraction of sp³-hybridized carbons (Fsp3) is 0.409. The fourth-order valence-corrected chi connectivity index (χ4v) is 3.99. The molecule has 0 aliphatic carbocycles. The van der Waals surface area contributed by atoms with Crippen LogP contribution in [-0.2, 0) is 17.8 Å². The molecule has 0 aromatic heterocycles. The van der Waals surface area contributed by atoms with Gasteiger partial charge < -0.3 is 5.32 Å². The van der Waals surface area contributed by atoms with Crippen molar-refractivity contribution < 1.29 is 31.1 Å². The molecule has 1 aliphatic rings. The average molecular weight is 429 g/mol. The summed E-state index contributed by atoms with van der Waals surface area (Å²) in [7, 11) is 0. The molecule has 0 atom stereocenters. The van der Waals surface area contributed by atoms with Crippen LogP contribution in [0.2, 0.25) is 0 Å². The van der Waals surface area contributed by atoms with Gasteiger partial charge in [-0.3, -0.25) is 4.79 Å². The molecule has 2 aromatic rings. The Balaban J connectivity index is 1.88. The molecule has 2 nitrogen and oxygen atoms in total. The topological polar surface area (TPSA) is 29.1 Å². The first-order valence-corrected chi connectivity index (χ1v) is 9.60. The number of ketones is 1. The summed E-state index contributed by atoms with van der Waals surface area (Å²) in [5.41, 5.74) is -2.81. The Labute approximate surface area is 170 Å². The Hall–Kier alpha value is -2.35. The van der Waals surface area contributed by atoms with Gasteiger partial charge in [0.2, 0.25) is 0 Å². The average Bonchev–Trinajstić information content (AvgIpc) is 2.72. The van der Waals surface area contributed by atoms with Gasteiger partial charge in [-0.25, -0.2) is 0 Å². The van der Waals surface area contributed by atoms with Crippen molar-refractivity contribution >= 4 is 5.78 Å². The van der Waals surface area contributed by atoms with Gasteiger partial charge in [-0.05, 0) is 61.5 Å². The number of nitrogens with one attached hydrogen (secondary N) is 1. The third-order valence-corrected chi connectivity index (χ3v) is 5.69. The number of Topliss-reactive ketones (excluding diaryl/α,β-unsaturated/α-hetero) is 1. The maximum absolute atomic E-state index is 13.1. The number of carbonyl (C=O) groups excluding carboxylic acids is 1. The molecule has 3 rings (SSSR count). The van der Waals surface area contributed by atoms with Gasteiger partial charge in [-0.2, -0.15) is 26.3 Å². The van der Waals surface area contributed by atoms with Gasteiger partial charge in [0, 0.05) is 12.0 Å². The fourth-order valence-electron chi connectivity index (χ4n) is 3.99. The molecule has 0 spiro atoms. The second-order valence-electron chi connectivity index (χ2n) is 7.61.